The summed E-state index contributed by atoms with van der Waals surface area (Å²) in [6.07, 6.45) is 19.6. The third-order valence-electron chi connectivity index (χ3n) is 25.4. The number of aromatic amines is 10. The van der Waals surface area contributed by atoms with Crippen LogP contribution in [0.5, 0.6) is 0 Å². The minimum absolute atomic E-state index is 0.0227. The monoisotopic (exact) mass is 1860 g/mol. The van der Waals surface area contributed by atoms with Gasteiger partial charge in [-0.05, 0) is 250 Å². The van der Waals surface area contributed by atoms with Crippen molar-refractivity contribution < 1.29 is 18.4 Å². The largest absolute Gasteiger partial charge is 0.373 e. The second kappa shape index (κ2) is 40.4. The van der Waals surface area contributed by atoms with Crippen LogP contribution in [0.15, 0.2) is 206 Å². The number of anilines is 1. The molecule has 0 radical (unpaired) electrons. The summed E-state index contributed by atoms with van der Waals surface area (Å²) < 4.78 is 26.4. The Kier molecular flexibility index (Phi) is 26.3. The number of fused-ring (bicyclic) bond motifs is 5. The lowest BCUT2D eigenvalue weighted by Crippen LogP contribution is -2.39. The van der Waals surface area contributed by atoms with Gasteiger partial charge in [0, 0.05) is 151 Å². The number of H-pyrrole nitrogens is 10. The number of amides is 2. The molecule has 0 aliphatic heterocycles. The highest BCUT2D eigenvalue weighted by Gasteiger charge is 2.28. The molecule has 4 aliphatic carbocycles. The third kappa shape index (κ3) is 21.4. The highest BCUT2D eigenvalue weighted by molar-refractivity contribution is 6.02. The van der Waals surface area contributed by atoms with Crippen molar-refractivity contribution in [2.45, 2.75) is 156 Å². The van der Waals surface area contributed by atoms with E-state index in [2.05, 4.69) is 197 Å². The summed E-state index contributed by atoms with van der Waals surface area (Å²) in [6, 6.07) is 62.8. The second-order valence-corrected chi connectivity index (χ2v) is 37.7. The zero-order valence-electron chi connectivity index (χ0n) is 78.2. The Bertz CT molecular complexity index is 7710. The molecule has 4 fully saturated rings. The maximum atomic E-state index is 13.2. The molecule has 0 atom stereocenters. The average molecular weight is 1860 g/mol. The van der Waals surface area contributed by atoms with E-state index < -0.39 is 0 Å². The molecule has 0 spiro atoms. The Morgan fingerprint density at radius 2 is 0.626 bits per heavy atom. The minimum atomic E-state index is -0.256. The van der Waals surface area contributed by atoms with E-state index in [-0.39, 0.29) is 23.4 Å². The maximum Gasteiger partial charge on any atom is 0.251 e. The van der Waals surface area contributed by atoms with Gasteiger partial charge in [0.15, 0.2) is 29.1 Å². The molecule has 33 heteroatoms. The minimum Gasteiger partial charge on any atom is -0.373 e. The molecule has 4 saturated carbocycles. The van der Waals surface area contributed by atoms with Crippen molar-refractivity contribution in [3.05, 3.63) is 258 Å². The van der Waals surface area contributed by atoms with Gasteiger partial charge in [-0.15, -0.1) is 0 Å². The van der Waals surface area contributed by atoms with Gasteiger partial charge in [0.05, 0.1) is 50.4 Å². The van der Waals surface area contributed by atoms with Crippen LogP contribution in [0.1, 0.15) is 162 Å². The molecule has 4 aliphatic rings. The molecule has 702 valence electrons. The Balaban J connectivity index is 0.000000107. The Morgan fingerprint density at radius 3 is 0.942 bits per heavy atom. The van der Waals surface area contributed by atoms with Crippen molar-refractivity contribution in [2.24, 2.45) is 29.6 Å². The predicted octanol–water partition coefficient (Wildman–Crippen LogP) is 21.2. The van der Waals surface area contributed by atoms with Crippen molar-refractivity contribution in [1.82, 2.24) is 143 Å². The zero-order valence-corrected chi connectivity index (χ0v) is 78.2. The lowest BCUT2D eigenvalue weighted by atomic mass is 9.93. The third-order valence-corrected chi connectivity index (χ3v) is 25.4. The number of aromatic nitrogens is 26. The first-order chi connectivity index (χ1) is 67.8. The van der Waals surface area contributed by atoms with Gasteiger partial charge in [0.2, 0.25) is 0 Å². The van der Waals surface area contributed by atoms with Crippen molar-refractivity contribution in [1.29, 1.82) is 0 Å². The molecule has 0 unspecified atom stereocenters. The van der Waals surface area contributed by atoms with E-state index in [0.717, 1.165) is 243 Å². The zero-order chi connectivity index (χ0) is 95.2. The van der Waals surface area contributed by atoms with Crippen LogP contribution >= 0.6 is 0 Å². The Hall–Kier alpha value is -16.2. The number of pyridine rings is 1. The quantitative estimate of drug-likeness (QED) is 0.0253. The van der Waals surface area contributed by atoms with Gasteiger partial charge in [-0.2, -0.15) is 51.0 Å². The van der Waals surface area contributed by atoms with Gasteiger partial charge in [-0.1, -0.05) is 91.5 Å². The number of hydrogen-bond donors (Lipinski definition) is 13. The SMILES string of the molecule is CC(C)Cc1nc(-c2ccc3[nH]nc(-c4cccc(C(=O)NC5CC5)c4)c3c2)n[nH]1.CC(C)Cc1nc(-c2ccc3[nH]nc(-c4cccc(C(=O)NC5CCC5)c4)c3c2)n[nH]1.CNc1cc(-c2n[nH]c3ccc(-c4n[nH]c(CC(C)C)n4)cc23)ccn1.Fc1ccc(-c2n[nH]c3ccc(-c4n[nH]c(CC5CC5)n4)cc23)cc1.Fc1ccc(-c2n[nH]c3ccc(-c4n[nH]c(CC5CCCC5)n4)cc23)cc1. The summed E-state index contributed by atoms with van der Waals surface area (Å²) in [7, 11) is 1.85. The summed E-state index contributed by atoms with van der Waals surface area (Å²) in [5.41, 5.74) is 19.4. The normalized spacial score (nSPS) is 13.8. The van der Waals surface area contributed by atoms with E-state index in [1.54, 1.807) is 30.5 Å². The maximum absolute atomic E-state index is 13.2. The lowest BCUT2D eigenvalue weighted by Gasteiger charge is -2.26. The van der Waals surface area contributed by atoms with Gasteiger partial charge in [0.25, 0.3) is 11.8 Å². The van der Waals surface area contributed by atoms with Gasteiger partial charge in [0.1, 0.15) is 52.3 Å². The molecule has 2 amide bonds. The number of halogens is 2. The van der Waals surface area contributed by atoms with E-state index in [4.69, 9.17) is 4.98 Å². The Morgan fingerprint density at radius 1 is 0.317 bits per heavy atom. The van der Waals surface area contributed by atoms with Crippen molar-refractivity contribution >= 4 is 72.1 Å². The number of benzene rings is 9. The summed E-state index contributed by atoms with van der Waals surface area (Å²) in [5, 5.41) is 89.0. The molecule has 11 aromatic heterocycles. The number of hydrogen-bond acceptors (Lipinski definition) is 19. The molecular weight excluding hydrogens is 1750 g/mol. The predicted molar refractivity (Wildman–Crippen MR) is 535 cm³/mol. The molecule has 0 bridgehead atoms. The topological polar surface area (TPSA) is 434 Å². The molecule has 11 heterocycles. The summed E-state index contributed by atoms with van der Waals surface area (Å²) in [6.45, 7) is 13.0. The smallest absolute Gasteiger partial charge is 0.251 e. The fraction of sp³-hybridized carbons (Fsp3) is 0.283. The fourth-order valence-corrected chi connectivity index (χ4v) is 17.6. The summed E-state index contributed by atoms with van der Waals surface area (Å²) >= 11 is 0. The van der Waals surface area contributed by atoms with Gasteiger partial charge in [-0.3, -0.25) is 60.6 Å². The lowest BCUT2D eigenvalue weighted by molar-refractivity contribution is 0.0915. The molecule has 139 heavy (non-hydrogen) atoms. The first-order valence-electron chi connectivity index (χ1n) is 47.8. The van der Waals surface area contributed by atoms with Crippen LogP contribution in [0.2, 0.25) is 0 Å². The molecule has 9 aromatic carbocycles. The molecular formula is C106H107F2N29O2. The highest BCUT2D eigenvalue weighted by Crippen LogP contribution is 2.39. The van der Waals surface area contributed by atoms with Crippen molar-refractivity contribution in [3.8, 4) is 113 Å². The standard InChI is InChI=1S/C24H26N6O.C23H24N6O.C21H20FN5.C19H16FN5.C19H21N7/c1-14(2)11-21-26-23(30-28-21)16-9-10-20-19(13-16)22(29-27-20)15-5-3-6-17(12-15)24(31)25-18-7-4-8-18;1-13(2)10-20-25-22(29-27-20)15-6-9-19-18(12-15)21(28-26-19)14-4-3-5-16(11-14)23(30)24-17-7-8-17;22-16-8-5-14(6-9-16)20-17-12-15(7-10-18(17)24-26-20)21-23-19(25-27-21)11-13-3-1-2-4-13;20-14-6-3-12(4-7-14)18-15-10-13(5-8-16(15)22-24-18)19-21-17(23-25-19)9-11-1-2-11;1-11(2)8-17-22-19(26-24-17)13-4-5-15-14(9-13)18(25-23-15)12-6-7-21-16(10-12)20-3/h3,5-6,9-10,12-14,18H,4,7-8,11H2,1-2H3,(H,25,31)(H,27,29)(H,26,28,30);3-6,9,11-13,17H,7-8,10H2,1-2H3,(H,24,30)(H,26,28)(H,25,27,29);5-10,12-13H,1-4,11H2,(H,24,26)(H,23,25,27);3-8,10-11H,1-2,9H2,(H,22,24)(H,21,23,25);4-7,9-11H,8H2,1-3H3,(H,20,21)(H,23,25)(H,22,24,26). The van der Waals surface area contributed by atoms with E-state index >= 15 is 0 Å². The van der Waals surface area contributed by atoms with Crippen LogP contribution < -0.4 is 16.0 Å². The van der Waals surface area contributed by atoms with Crippen LogP contribution in [-0.4, -0.2) is 163 Å². The van der Waals surface area contributed by atoms with Gasteiger partial charge >= 0.3 is 0 Å². The molecule has 20 aromatic rings. The summed E-state index contributed by atoms with van der Waals surface area (Å²) in [5.74, 6) is 11.4. The molecule has 13 N–H and O–H groups in total. The van der Waals surface area contributed by atoms with E-state index in [9.17, 15) is 18.4 Å². The molecule has 31 nitrogen and oxygen atoms in total. The molecule has 0 saturated heterocycles. The first-order valence-corrected chi connectivity index (χ1v) is 47.8. The van der Waals surface area contributed by atoms with Crippen LogP contribution in [0.4, 0.5) is 14.6 Å². The molecule has 24 rings (SSSR count). The van der Waals surface area contributed by atoms with Crippen LogP contribution in [0, 0.1) is 41.2 Å². The van der Waals surface area contributed by atoms with Crippen molar-refractivity contribution in [2.75, 3.05) is 12.4 Å². The second-order valence-electron chi connectivity index (χ2n) is 37.7. The van der Waals surface area contributed by atoms with Crippen molar-refractivity contribution in [3.63, 3.8) is 0 Å². The van der Waals surface area contributed by atoms with Gasteiger partial charge < -0.3 is 16.0 Å². The van der Waals surface area contributed by atoms with E-state index in [1.165, 1.54) is 69.2 Å². The summed E-state index contributed by atoms with van der Waals surface area (Å²) in [4.78, 5) is 52.5. The average Bonchev–Trinajstić information content (AvgIpc) is 1.73. The number of nitrogens with one attached hydrogen (secondary N) is 13. The van der Waals surface area contributed by atoms with Crippen LogP contribution in [0.3, 0.4) is 0 Å². The Labute approximate surface area is 798 Å². The van der Waals surface area contributed by atoms with Gasteiger partial charge in [-0.25, -0.2) is 38.7 Å². The first kappa shape index (κ1) is 90.6. The van der Waals surface area contributed by atoms with E-state index in [0.29, 0.717) is 70.1 Å². The highest BCUT2D eigenvalue weighted by atomic mass is 19.1. The fourth-order valence-electron chi connectivity index (χ4n) is 17.6. The number of carbonyl (C=O) groups excluding carboxylic acids is 2. The van der Waals surface area contributed by atoms with E-state index in [1.807, 2.05) is 147 Å². The number of rotatable bonds is 25. The van der Waals surface area contributed by atoms with Crippen LogP contribution in [0.25, 0.3) is 168 Å². The number of nitrogens with zero attached hydrogens (tertiary/aromatic N) is 16. The van der Waals surface area contributed by atoms with Crippen LogP contribution in [-0.2, 0) is 32.1 Å². The number of carbonyl (C=O) groups is 2.